The Morgan fingerprint density at radius 3 is 2.71 bits per heavy atom. The highest BCUT2D eigenvalue weighted by Gasteiger charge is 2.20. The fraction of sp³-hybridized carbons (Fsp3) is 0.444. The lowest BCUT2D eigenvalue weighted by Crippen LogP contribution is -2.52. The summed E-state index contributed by atoms with van der Waals surface area (Å²) >= 11 is 0. The number of aliphatic imine (C=N–C) groups is 1. The van der Waals surface area contributed by atoms with Gasteiger partial charge in [-0.15, -0.1) is 0 Å². The summed E-state index contributed by atoms with van der Waals surface area (Å²) in [6.07, 6.45) is 1.59. The lowest BCUT2D eigenvalue weighted by atomic mass is 10.2. The fourth-order valence-electron chi connectivity index (χ4n) is 3.08. The van der Waals surface area contributed by atoms with E-state index in [4.69, 9.17) is 9.66 Å². The fourth-order valence-corrected chi connectivity index (χ4v) is 3.66. The van der Waals surface area contributed by atoms with E-state index >= 15 is 0 Å². The number of nitrogens with one attached hydrogen (secondary N) is 1. The second-order valence-corrected chi connectivity index (χ2v) is 8.18. The van der Waals surface area contributed by atoms with Crippen LogP contribution in [0.15, 0.2) is 51.0 Å². The Labute approximate surface area is 165 Å². The van der Waals surface area contributed by atoms with E-state index in [0.29, 0.717) is 6.54 Å². The molecule has 28 heavy (non-hydrogen) atoms. The molecule has 0 saturated carbocycles. The molecule has 0 amide bonds. The van der Waals surface area contributed by atoms with E-state index in [1.807, 2.05) is 19.1 Å². The first-order chi connectivity index (χ1) is 13.5. The lowest BCUT2D eigenvalue weighted by molar-refractivity contribution is 0.169. The number of nitrogens with zero attached hydrogens (tertiary/aromatic N) is 4. The minimum absolute atomic E-state index is 0.103. The van der Waals surface area contributed by atoms with Crippen LogP contribution in [0.3, 0.4) is 0 Å². The van der Waals surface area contributed by atoms with Crippen LogP contribution in [0.1, 0.15) is 18.2 Å². The van der Waals surface area contributed by atoms with Gasteiger partial charge in [-0.25, -0.2) is 18.5 Å². The number of hydrogen-bond acceptors (Lipinski definition) is 6. The van der Waals surface area contributed by atoms with Crippen molar-refractivity contribution in [1.29, 1.82) is 0 Å². The zero-order valence-electron chi connectivity index (χ0n) is 15.9. The maximum absolute atomic E-state index is 11.5. The minimum atomic E-state index is -3.71. The molecule has 0 unspecified atom stereocenters. The van der Waals surface area contributed by atoms with Crippen LogP contribution in [0.4, 0.5) is 0 Å². The van der Waals surface area contributed by atoms with Crippen molar-refractivity contribution in [3.8, 4) is 0 Å². The van der Waals surface area contributed by atoms with E-state index < -0.39 is 10.0 Å². The predicted octanol–water partition coefficient (Wildman–Crippen LogP) is 0.605. The summed E-state index contributed by atoms with van der Waals surface area (Å²) in [5.41, 5.74) is 1.73. The largest absolute Gasteiger partial charge is 0.364 e. The highest BCUT2D eigenvalue weighted by molar-refractivity contribution is 7.89. The molecule has 152 valence electrons. The number of rotatable bonds is 6. The van der Waals surface area contributed by atoms with E-state index in [-0.39, 0.29) is 4.90 Å². The van der Waals surface area contributed by atoms with Gasteiger partial charge >= 0.3 is 0 Å². The minimum Gasteiger partial charge on any atom is -0.364 e. The molecule has 2 aromatic rings. The van der Waals surface area contributed by atoms with Gasteiger partial charge in [0.2, 0.25) is 10.0 Å². The van der Waals surface area contributed by atoms with Gasteiger partial charge in [0.25, 0.3) is 0 Å². The van der Waals surface area contributed by atoms with Crippen LogP contribution < -0.4 is 10.5 Å². The molecule has 1 aromatic carbocycles. The molecule has 2 heterocycles. The molecule has 1 aliphatic heterocycles. The van der Waals surface area contributed by atoms with Gasteiger partial charge in [0.1, 0.15) is 6.26 Å². The van der Waals surface area contributed by atoms with Crippen molar-refractivity contribution >= 4 is 16.0 Å². The zero-order valence-corrected chi connectivity index (χ0v) is 16.7. The van der Waals surface area contributed by atoms with E-state index in [0.717, 1.165) is 56.5 Å². The molecule has 10 heteroatoms. The Hall–Kier alpha value is -2.43. The highest BCUT2D eigenvalue weighted by atomic mass is 32.2. The average molecular weight is 407 g/mol. The second-order valence-electron chi connectivity index (χ2n) is 6.62. The van der Waals surface area contributed by atoms with Gasteiger partial charge < -0.3 is 14.7 Å². The summed E-state index contributed by atoms with van der Waals surface area (Å²) in [5.74, 6) is 0.824. The zero-order chi connectivity index (χ0) is 20.0. The summed E-state index contributed by atoms with van der Waals surface area (Å²) in [5, 5.41) is 12.5. The molecule has 0 atom stereocenters. The van der Waals surface area contributed by atoms with Crippen molar-refractivity contribution in [1.82, 2.24) is 20.3 Å². The molecule has 0 radical (unpaired) electrons. The van der Waals surface area contributed by atoms with Crippen LogP contribution in [0.2, 0.25) is 0 Å². The molecule has 0 aliphatic carbocycles. The van der Waals surface area contributed by atoms with Crippen molar-refractivity contribution in [2.75, 3.05) is 32.7 Å². The van der Waals surface area contributed by atoms with Crippen LogP contribution >= 0.6 is 0 Å². The van der Waals surface area contributed by atoms with Crippen molar-refractivity contribution in [2.45, 2.75) is 24.9 Å². The number of aromatic nitrogens is 1. The maximum atomic E-state index is 11.5. The topological polar surface area (TPSA) is 117 Å². The van der Waals surface area contributed by atoms with Gasteiger partial charge in [0.15, 0.2) is 5.96 Å². The van der Waals surface area contributed by atoms with Gasteiger partial charge in [0.05, 0.1) is 17.1 Å². The van der Waals surface area contributed by atoms with Gasteiger partial charge in [0, 0.05) is 45.3 Å². The molecule has 1 aromatic heterocycles. The molecule has 0 spiro atoms. The van der Waals surface area contributed by atoms with Gasteiger partial charge in [-0.05, 0) is 24.6 Å². The van der Waals surface area contributed by atoms with Crippen LogP contribution in [-0.4, -0.2) is 62.1 Å². The Morgan fingerprint density at radius 2 is 2.07 bits per heavy atom. The van der Waals surface area contributed by atoms with E-state index in [9.17, 15) is 8.42 Å². The van der Waals surface area contributed by atoms with Crippen LogP contribution in [0.5, 0.6) is 0 Å². The molecular formula is C18H26N6O3S. The number of nitrogens with two attached hydrogens (primary N) is 1. The number of guanidine groups is 1. The molecule has 1 aliphatic rings. The predicted molar refractivity (Wildman–Crippen MR) is 106 cm³/mol. The molecule has 9 nitrogen and oxygen atoms in total. The molecule has 3 rings (SSSR count). The van der Waals surface area contributed by atoms with Crippen molar-refractivity contribution in [3.63, 3.8) is 0 Å². The Morgan fingerprint density at radius 1 is 1.29 bits per heavy atom. The van der Waals surface area contributed by atoms with Gasteiger partial charge in [-0.3, -0.25) is 4.90 Å². The summed E-state index contributed by atoms with van der Waals surface area (Å²) in [6.45, 7) is 7.44. The SMILES string of the molecule is CCNC(=NCc1cccc(S(N)(=O)=O)c1)N1CCN(Cc2ccon2)CC1. The monoisotopic (exact) mass is 406 g/mol. The van der Waals surface area contributed by atoms with Crippen molar-refractivity contribution in [3.05, 3.63) is 47.9 Å². The Kier molecular flexibility index (Phi) is 6.65. The number of sulfonamides is 1. The second kappa shape index (κ2) is 9.18. The van der Waals surface area contributed by atoms with Crippen LogP contribution in [-0.2, 0) is 23.1 Å². The third kappa shape index (κ3) is 5.54. The number of primary sulfonamides is 1. The number of piperazine rings is 1. The quantitative estimate of drug-likeness (QED) is 0.533. The van der Waals surface area contributed by atoms with E-state index in [1.165, 1.54) is 6.07 Å². The third-order valence-corrected chi connectivity index (χ3v) is 5.43. The summed E-state index contributed by atoms with van der Waals surface area (Å²) in [6, 6.07) is 8.46. The summed E-state index contributed by atoms with van der Waals surface area (Å²) in [7, 11) is -3.71. The first-order valence-electron chi connectivity index (χ1n) is 9.22. The van der Waals surface area contributed by atoms with E-state index in [1.54, 1.807) is 18.4 Å². The number of hydrogen-bond donors (Lipinski definition) is 2. The Balaban J connectivity index is 1.62. The molecule has 1 fully saturated rings. The number of benzene rings is 1. The molecule has 0 bridgehead atoms. The smallest absolute Gasteiger partial charge is 0.238 e. The van der Waals surface area contributed by atoms with Gasteiger partial charge in [-0.1, -0.05) is 17.3 Å². The first-order valence-corrected chi connectivity index (χ1v) is 10.8. The first kappa shape index (κ1) is 20.3. The highest BCUT2D eigenvalue weighted by Crippen LogP contribution is 2.12. The van der Waals surface area contributed by atoms with E-state index in [2.05, 4.69) is 25.3 Å². The average Bonchev–Trinajstić information content (AvgIpc) is 3.18. The van der Waals surface area contributed by atoms with Crippen LogP contribution in [0, 0.1) is 0 Å². The third-order valence-electron chi connectivity index (χ3n) is 4.52. The molecular weight excluding hydrogens is 380 g/mol. The maximum Gasteiger partial charge on any atom is 0.238 e. The van der Waals surface area contributed by atoms with Crippen molar-refractivity contribution < 1.29 is 12.9 Å². The molecule has 1 saturated heterocycles. The summed E-state index contributed by atoms with van der Waals surface area (Å²) in [4.78, 5) is 9.33. The lowest BCUT2D eigenvalue weighted by Gasteiger charge is -2.36. The molecule has 3 N–H and O–H groups in total. The van der Waals surface area contributed by atoms with Crippen LogP contribution in [0.25, 0.3) is 0 Å². The summed E-state index contributed by atoms with van der Waals surface area (Å²) < 4.78 is 27.9. The van der Waals surface area contributed by atoms with Crippen molar-refractivity contribution in [2.24, 2.45) is 10.1 Å². The normalized spacial score (nSPS) is 16.4. The Bertz CT molecular complexity index is 890. The standard InChI is InChI=1S/C18H26N6O3S/c1-2-20-18(21-13-15-4-3-5-17(12-15)28(19,25)26)24-9-7-23(8-10-24)14-16-6-11-27-22-16/h3-6,11-12H,2,7-10,13-14H2,1H3,(H,20,21)(H2,19,25,26). The van der Waals surface area contributed by atoms with Gasteiger partial charge in [-0.2, -0.15) is 0 Å².